The summed E-state index contributed by atoms with van der Waals surface area (Å²) in [4.78, 5) is 23.7. The first kappa shape index (κ1) is 27.6. The molecule has 0 spiro atoms. The molecule has 10 heteroatoms. The number of aromatic nitrogens is 3. The van der Waals surface area contributed by atoms with Gasteiger partial charge in [-0.1, -0.05) is 93.2 Å². The fraction of sp³-hybridized carbons (Fsp3) is 0.207. The number of nitrogens with one attached hydrogen (secondary N) is 2. The third-order valence-corrected chi connectivity index (χ3v) is 6.72. The average molecular weight is 542 g/mol. The lowest BCUT2D eigenvalue weighted by atomic mass is 9.87. The zero-order valence-corrected chi connectivity index (χ0v) is 22.9. The number of carbonyl (C=O) groups is 2. The third-order valence-electron chi connectivity index (χ3n) is 5.80. The second-order valence-corrected chi connectivity index (χ2v) is 10.7. The van der Waals surface area contributed by atoms with Crippen LogP contribution in [0.25, 0.3) is 17.1 Å². The van der Waals surface area contributed by atoms with E-state index in [1.807, 2.05) is 53.1 Å². The van der Waals surface area contributed by atoms with Crippen LogP contribution in [-0.2, 0) is 15.0 Å². The fourth-order valence-corrected chi connectivity index (χ4v) is 4.51. The number of thioether (sulfide) groups is 1. The maximum Gasteiger partial charge on any atom is 0.250 e. The van der Waals surface area contributed by atoms with E-state index in [1.54, 1.807) is 6.07 Å². The van der Waals surface area contributed by atoms with Gasteiger partial charge in [-0.2, -0.15) is 5.10 Å². The van der Waals surface area contributed by atoms with Crippen molar-refractivity contribution in [2.45, 2.75) is 31.3 Å². The Morgan fingerprint density at radius 2 is 1.67 bits per heavy atom. The summed E-state index contributed by atoms with van der Waals surface area (Å²) in [6, 6.07) is 25.4. The molecule has 4 rings (SSSR count). The topological polar surface area (TPSA) is 127 Å². The van der Waals surface area contributed by atoms with E-state index in [-0.39, 0.29) is 23.6 Å². The standard InChI is InChI=1S/C29H31N7O2S/c1-29(2,3)22-15-13-20(14-16-22)27-34-35-28(36(27)23-10-5-4-6-11-23)39-19-26(38)33-32-17-21-9-7-8-12-24(21)31-18-25(30)37/h4-17,31H,18-19H2,1-3H3,(H2,30,37)(H,33,38)/b32-17+. The fourth-order valence-electron chi connectivity index (χ4n) is 3.77. The molecular formula is C29H31N7O2S. The van der Waals surface area contributed by atoms with Gasteiger partial charge < -0.3 is 11.1 Å². The van der Waals surface area contributed by atoms with E-state index in [0.717, 1.165) is 11.3 Å². The molecule has 4 aromatic rings. The summed E-state index contributed by atoms with van der Waals surface area (Å²) in [7, 11) is 0. The largest absolute Gasteiger partial charge is 0.376 e. The van der Waals surface area contributed by atoms with Gasteiger partial charge in [-0.25, -0.2) is 5.43 Å². The molecule has 9 nitrogen and oxygen atoms in total. The van der Waals surface area contributed by atoms with Crippen LogP contribution in [0, 0.1) is 0 Å². The third kappa shape index (κ3) is 7.32. The maximum atomic E-state index is 12.6. The van der Waals surface area contributed by atoms with Gasteiger partial charge in [0.1, 0.15) is 0 Å². The number of carbonyl (C=O) groups excluding carboxylic acids is 2. The van der Waals surface area contributed by atoms with Crippen molar-refractivity contribution in [3.63, 3.8) is 0 Å². The van der Waals surface area contributed by atoms with Crippen LogP contribution in [0.2, 0.25) is 0 Å². The zero-order chi connectivity index (χ0) is 27.8. The normalized spacial score (nSPS) is 11.5. The quantitative estimate of drug-likeness (QED) is 0.155. The number of nitrogens with zero attached hydrogens (tertiary/aromatic N) is 4. The van der Waals surface area contributed by atoms with Gasteiger partial charge in [-0.3, -0.25) is 14.2 Å². The Morgan fingerprint density at radius 3 is 2.36 bits per heavy atom. The number of para-hydroxylation sites is 2. The Bertz CT molecular complexity index is 1460. The van der Waals surface area contributed by atoms with E-state index < -0.39 is 5.91 Å². The van der Waals surface area contributed by atoms with Gasteiger partial charge in [0.25, 0.3) is 5.91 Å². The molecule has 0 unspecified atom stereocenters. The molecule has 200 valence electrons. The molecule has 1 heterocycles. The van der Waals surface area contributed by atoms with Crippen LogP contribution < -0.4 is 16.5 Å². The van der Waals surface area contributed by atoms with Crippen LogP contribution in [0.4, 0.5) is 5.69 Å². The number of nitrogens with two attached hydrogens (primary N) is 1. The molecule has 0 aliphatic carbocycles. The van der Waals surface area contributed by atoms with Crippen LogP contribution in [0.3, 0.4) is 0 Å². The second kappa shape index (κ2) is 12.4. The second-order valence-electron chi connectivity index (χ2n) is 9.79. The molecule has 0 atom stereocenters. The van der Waals surface area contributed by atoms with Crippen molar-refractivity contribution in [1.82, 2.24) is 20.2 Å². The molecule has 0 saturated carbocycles. The molecule has 0 aliphatic rings. The van der Waals surface area contributed by atoms with Gasteiger partial charge in [0.05, 0.1) is 18.5 Å². The van der Waals surface area contributed by atoms with Crippen molar-refractivity contribution in [2.24, 2.45) is 10.8 Å². The van der Waals surface area contributed by atoms with Gasteiger partial charge in [0, 0.05) is 22.5 Å². The summed E-state index contributed by atoms with van der Waals surface area (Å²) in [5.74, 6) is 0.0213. The monoisotopic (exact) mass is 541 g/mol. The smallest absolute Gasteiger partial charge is 0.250 e. The summed E-state index contributed by atoms with van der Waals surface area (Å²) in [5, 5.41) is 16.5. The van der Waals surface area contributed by atoms with Crippen molar-refractivity contribution in [3.05, 3.63) is 90.0 Å². The first-order chi connectivity index (χ1) is 18.7. The molecule has 4 N–H and O–H groups in total. The molecule has 0 aliphatic heterocycles. The van der Waals surface area contributed by atoms with E-state index in [9.17, 15) is 9.59 Å². The predicted octanol–water partition coefficient (Wildman–Crippen LogP) is 4.37. The highest BCUT2D eigenvalue weighted by molar-refractivity contribution is 7.99. The van der Waals surface area contributed by atoms with E-state index in [4.69, 9.17) is 5.73 Å². The van der Waals surface area contributed by atoms with Gasteiger partial charge in [0.15, 0.2) is 11.0 Å². The summed E-state index contributed by atoms with van der Waals surface area (Å²) < 4.78 is 1.95. The first-order valence-electron chi connectivity index (χ1n) is 12.4. The van der Waals surface area contributed by atoms with E-state index >= 15 is 0 Å². The SMILES string of the molecule is CC(C)(C)c1ccc(-c2nnc(SCC(=O)N/N=C/c3ccccc3NCC(N)=O)n2-c2ccccc2)cc1. The van der Waals surface area contributed by atoms with Gasteiger partial charge >= 0.3 is 0 Å². The number of anilines is 1. The molecule has 0 radical (unpaired) electrons. The molecule has 0 saturated heterocycles. The number of amides is 2. The van der Waals surface area contributed by atoms with Crippen molar-refractivity contribution >= 4 is 35.5 Å². The minimum atomic E-state index is -0.472. The predicted molar refractivity (Wildman–Crippen MR) is 156 cm³/mol. The van der Waals surface area contributed by atoms with Crippen LogP contribution in [0.5, 0.6) is 0 Å². The summed E-state index contributed by atoms with van der Waals surface area (Å²) in [5.41, 5.74) is 12.3. The molecule has 3 aromatic carbocycles. The summed E-state index contributed by atoms with van der Waals surface area (Å²) in [6.45, 7) is 6.53. The Labute approximate surface area is 231 Å². The van der Waals surface area contributed by atoms with Crippen molar-refractivity contribution in [3.8, 4) is 17.1 Å². The molecule has 39 heavy (non-hydrogen) atoms. The van der Waals surface area contributed by atoms with Gasteiger partial charge in [0.2, 0.25) is 5.91 Å². The summed E-state index contributed by atoms with van der Waals surface area (Å²) >= 11 is 1.27. The average Bonchev–Trinajstić information content (AvgIpc) is 3.35. The number of rotatable bonds is 10. The number of primary amides is 1. The van der Waals surface area contributed by atoms with Crippen LogP contribution in [0.1, 0.15) is 31.9 Å². The minimum Gasteiger partial charge on any atom is -0.376 e. The van der Waals surface area contributed by atoms with Gasteiger partial charge in [-0.15, -0.1) is 10.2 Å². The number of benzene rings is 3. The number of hydrazone groups is 1. The van der Waals surface area contributed by atoms with Crippen LogP contribution >= 0.6 is 11.8 Å². The number of hydrogen-bond acceptors (Lipinski definition) is 7. The molecular weight excluding hydrogens is 510 g/mol. The Balaban J connectivity index is 1.47. The first-order valence-corrected chi connectivity index (χ1v) is 13.4. The zero-order valence-electron chi connectivity index (χ0n) is 22.1. The van der Waals surface area contributed by atoms with E-state index in [1.165, 1.54) is 23.5 Å². The van der Waals surface area contributed by atoms with E-state index in [2.05, 4.69) is 71.1 Å². The Morgan fingerprint density at radius 1 is 0.974 bits per heavy atom. The highest BCUT2D eigenvalue weighted by Crippen LogP contribution is 2.30. The Hall–Kier alpha value is -4.44. The van der Waals surface area contributed by atoms with E-state index in [0.29, 0.717) is 22.2 Å². The lowest BCUT2D eigenvalue weighted by Gasteiger charge is -2.19. The van der Waals surface area contributed by atoms with Crippen LogP contribution in [-0.4, -0.2) is 45.1 Å². The summed E-state index contributed by atoms with van der Waals surface area (Å²) in [6.07, 6.45) is 1.51. The van der Waals surface area contributed by atoms with Crippen molar-refractivity contribution in [2.75, 3.05) is 17.6 Å². The maximum absolute atomic E-state index is 12.6. The molecule has 2 amide bonds. The number of hydrogen-bond donors (Lipinski definition) is 3. The molecule has 1 aromatic heterocycles. The van der Waals surface area contributed by atoms with Gasteiger partial charge in [-0.05, 0) is 29.2 Å². The Kier molecular flexibility index (Phi) is 8.77. The lowest BCUT2D eigenvalue weighted by Crippen LogP contribution is -2.22. The molecule has 0 bridgehead atoms. The lowest BCUT2D eigenvalue weighted by molar-refractivity contribution is -0.118. The highest BCUT2D eigenvalue weighted by atomic mass is 32.2. The van der Waals surface area contributed by atoms with Crippen molar-refractivity contribution < 1.29 is 9.59 Å². The minimum absolute atomic E-state index is 0.00132. The van der Waals surface area contributed by atoms with Crippen molar-refractivity contribution in [1.29, 1.82) is 0 Å². The molecule has 0 fully saturated rings. The van der Waals surface area contributed by atoms with Crippen LogP contribution in [0.15, 0.2) is 89.1 Å². The highest BCUT2D eigenvalue weighted by Gasteiger charge is 2.19.